The Labute approximate surface area is 77.7 Å². The largest absolute Gasteiger partial charge is 0.573 e. The van der Waals surface area contributed by atoms with Gasteiger partial charge in [-0.2, -0.15) is 0 Å². The standard InChI is InChI=1S/C7H8F3N3O/c8-7(9,10)14-6-4(1-11)2-13-3-5(6)12/h2-3H,1,11-12H2. The maximum absolute atomic E-state index is 11.9. The minimum Gasteiger partial charge on any atom is -0.403 e. The lowest BCUT2D eigenvalue weighted by atomic mass is 10.2. The van der Waals surface area contributed by atoms with E-state index in [1.54, 1.807) is 0 Å². The summed E-state index contributed by atoms with van der Waals surface area (Å²) in [5, 5.41) is 0. The van der Waals surface area contributed by atoms with Crippen LogP contribution in [0.1, 0.15) is 5.56 Å². The average Bonchev–Trinajstić information content (AvgIpc) is 2.06. The Morgan fingerprint density at radius 3 is 2.50 bits per heavy atom. The lowest BCUT2D eigenvalue weighted by molar-refractivity contribution is -0.274. The smallest absolute Gasteiger partial charge is 0.403 e. The van der Waals surface area contributed by atoms with Gasteiger partial charge in [0.2, 0.25) is 0 Å². The lowest BCUT2D eigenvalue weighted by Crippen LogP contribution is -2.20. The van der Waals surface area contributed by atoms with Gasteiger partial charge in [-0.1, -0.05) is 0 Å². The van der Waals surface area contributed by atoms with Crippen LogP contribution in [-0.4, -0.2) is 11.3 Å². The lowest BCUT2D eigenvalue weighted by Gasteiger charge is -2.13. The number of rotatable bonds is 2. The minimum atomic E-state index is -4.78. The molecule has 1 aromatic heterocycles. The fourth-order valence-electron chi connectivity index (χ4n) is 0.896. The first-order chi connectivity index (χ1) is 6.44. The Morgan fingerprint density at radius 1 is 1.36 bits per heavy atom. The highest BCUT2D eigenvalue weighted by Gasteiger charge is 2.32. The van der Waals surface area contributed by atoms with Crippen molar-refractivity contribution in [2.45, 2.75) is 12.9 Å². The first-order valence-electron chi connectivity index (χ1n) is 3.62. The Bertz CT molecular complexity index is 326. The van der Waals surface area contributed by atoms with Crippen molar-refractivity contribution < 1.29 is 17.9 Å². The number of nitrogens with two attached hydrogens (primary N) is 2. The van der Waals surface area contributed by atoms with Gasteiger partial charge < -0.3 is 16.2 Å². The van der Waals surface area contributed by atoms with Crippen molar-refractivity contribution in [2.75, 3.05) is 5.73 Å². The van der Waals surface area contributed by atoms with Crippen LogP contribution in [0, 0.1) is 0 Å². The monoisotopic (exact) mass is 207 g/mol. The van der Waals surface area contributed by atoms with Crippen LogP contribution in [0.15, 0.2) is 12.4 Å². The van der Waals surface area contributed by atoms with Gasteiger partial charge in [-0.25, -0.2) is 0 Å². The third-order valence-electron chi connectivity index (χ3n) is 1.44. The molecule has 4 nitrogen and oxygen atoms in total. The van der Waals surface area contributed by atoms with E-state index in [0.29, 0.717) is 0 Å². The molecule has 0 fully saturated rings. The molecule has 78 valence electrons. The molecule has 1 rings (SSSR count). The summed E-state index contributed by atoms with van der Waals surface area (Å²) in [6.07, 6.45) is -2.53. The molecular formula is C7H8F3N3O. The number of hydrogen-bond acceptors (Lipinski definition) is 4. The average molecular weight is 207 g/mol. The van der Waals surface area contributed by atoms with Gasteiger partial charge in [0, 0.05) is 18.3 Å². The maximum atomic E-state index is 11.9. The van der Waals surface area contributed by atoms with Crippen LogP contribution in [0.25, 0.3) is 0 Å². The van der Waals surface area contributed by atoms with Crippen molar-refractivity contribution in [3.8, 4) is 5.75 Å². The van der Waals surface area contributed by atoms with Gasteiger partial charge in [0.05, 0.1) is 11.9 Å². The van der Waals surface area contributed by atoms with Crippen LogP contribution in [0.3, 0.4) is 0 Å². The van der Waals surface area contributed by atoms with Gasteiger partial charge >= 0.3 is 6.36 Å². The molecule has 0 saturated carbocycles. The third kappa shape index (κ3) is 2.49. The van der Waals surface area contributed by atoms with Gasteiger partial charge in [-0.15, -0.1) is 13.2 Å². The van der Waals surface area contributed by atoms with Crippen LogP contribution in [0.4, 0.5) is 18.9 Å². The zero-order chi connectivity index (χ0) is 10.8. The summed E-state index contributed by atoms with van der Waals surface area (Å²) >= 11 is 0. The number of aromatic nitrogens is 1. The number of halogens is 3. The Hall–Kier alpha value is -1.50. The van der Waals surface area contributed by atoms with E-state index >= 15 is 0 Å². The third-order valence-corrected chi connectivity index (χ3v) is 1.44. The summed E-state index contributed by atoms with van der Waals surface area (Å²) in [5.41, 5.74) is 10.4. The topological polar surface area (TPSA) is 74.2 Å². The zero-order valence-electron chi connectivity index (χ0n) is 7.01. The first kappa shape index (κ1) is 10.6. The number of ether oxygens (including phenoxy) is 1. The molecule has 0 saturated heterocycles. The molecule has 1 heterocycles. The number of nitrogens with zero attached hydrogens (tertiary/aromatic N) is 1. The SMILES string of the molecule is NCc1cncc(N)c1OC(F)(F)F. The molecule has 7 heteroatoms. The molecule has 0 amide bonds. The van der Waals surface area contributed by atoms with E-state index in [1.807, 2.05) is 0 Å². The molecular weight excluding hydrogens is 199 g/mol. The quantitative estimate of drug-likeness (QED) is 0.759. The molecule has 0 bridgehead atoms. The van der Waals surface area contributed by atoms with Crippen molar-refractivity contribution in [1.29, 1.82) is 0 Å². The molecule has 0 unspecified atom stereocenters. The zero-order valence-corrected chi connectivity index (χ0v) is 7.01. The van der Waals surface area contributed by atoms with Gasteiger partial charge in [0.15, 0.2) is 5.75 Å². The number of nitrogen functional groups attached to an aromatic ring is 1. The summed E-state index contributed by atoms with van der Waals surface area (Å²) in [5.74, 6) is -0.477. The second-order valence-corrected chi connectivity index (χ2v) is 2.47. The van der Waals surface area contributed by atoms with Crippen LogP contribution in [-0.2, 0) is 6.54 Å². The molecule has 0 atom stereocenters. The van der Waals surface area contributed by atoms with Crippen molar-refractivity contribution in [3.05, 3.63) is 18.0 Å². The number of pyridine rings is 1. The molecule has 0 aliphatic heterocycles. The van der Waals surface area contributed by atoms with Gasteiger partial charge in [0.25, 0.3) is 0 Å². The molecule has 0 aromatic carbocycles. The summed E-state index contributed by atoms with van der Waals surface area (Å²) in [6, 6.07) is 0. The Balaban J connectivity index is 3.05. The maximum Gasteiger partial charge on any atom is 0.573 e. The van der Waals surface area contributed by atoms with Gasteiger partial charge in [-0.05, 0) is 0 Å². The number of anilines is 1. The Morgan fingerprint density at radius 2 is 2.00 bits per heavy atom. The molecule has 14 heavy (non-hydrogen) atoms. The van der Waals surface area contributed by atoms with Crippen LogP contribution < -0.4 is 16.2 Å². The van der Waals surface area contributed by atoms with Crippen LogP contribution in [0.2, 0.25) is 0 Å². The first-order valence-corrected chi connectivity index (χ1v) is 3.62. The molecule has 0 aliphatic carbocycles. The van der Waals surface area contributed by atoms with Gasteiger partial charge in [0.1, 0.15) is 0 Å². The summed E-state index contributed by atoms with van der Waals surface area (Å²) in [7, 11) is 0. The highest BCUT2D eigenvalue weighted by molar-refractivity contribution is 5.54. The fourth-order valence-corrected chi connectivity index (χ4v) is 0.896. The van der Waals surface area contributed by atoms with Crippen LogP contribution in [0.5, 0.6) is 5.75 Å². The van der Waals surface area contributed by atoms with E-state index in [1.165, 1.54) is 6.20 Å². The minimum absolute atomic E-state index is 0.113. The summed E-state index contributed by atoms with van der Waals surface area (Å²) < 4.78 is 39.4. The van der Waals surface area contributed by atoms with E-state index in [4.69, 9.17) is 11.5 Å². The summed E-state index contributed by atoms with van der Waals surface area (Å²) in [4.78, 5) is 3.59. The van der Waals surface area contributed by atoms with Crippen molar-refractivity contribution in [2.24, 2.45) is 5.73 Å². The van der Waals surface area contributed by atoms with Crippen molar-refractivity contribution >= 4 is 5.69 Å². The highest BCUT2D eigenvalue weighted by atomic mass is 19.4. The molecule has 1 aromatic rings. The highest BCUT2D eigenvalue weighted by Crippen LogP contribution is 2.30. The molecule has 0 radical (unpaired) electrons. The van der Waals surface area contributed by atoms with E-state index in [-0.39, 0.29) is 17.8 Å². The molecule has 4 N–H and O–H groups in total. The fraction of sp³-hybridized carbons (Fsp3) is 0.286. The number of alkyl halides is 3. The second kappa shape index (κ2) is 3.70. The van der Waals surface area contributed by atoms with E-state index in [0.717, 1.165) is 6.20 Å². The van der Waals surface area contributed by atoms with E-state index < -0.39 is 12.1 Å². The summed E-state index contributed by atoms with van der Waals surface area (Å²) in [6.45, 7) is -0.122. The normalized spacial score (nSPS) is 11.4. The predicted molar refractivity (Wildman–Crippen MR) is 43.2 cm³/mol. The number of hydrogen-bond donors (Lipinski definition) is 2. The van der Waals surface area contributed by atoms with E-state index in [2.05, 4.69) is 9.72 Å². The molecule has 0 spiro atoms. The van der Waals surface area contributed by atoms with Gasteiger partial charge in [-0.3, -0.25) is 4.98 Å². The Kier molecular flexibility index (Phi) is 2.80. The van der Waals surface area contributed by atoms with Crippen molar-refractivity contribution in [3.63, 3.8) is 0 Å². The predicted octanol–water partition coefficient (Wildman–Crippen LogP) is 1.02. The van der Waals surface area contributed by atoms with Crippen LogP contribution >= 0.6 is 0 Å². The van der Waals surface area contributed by atoms with Crippen molar-refractivity contribution in [1.82, 2.24) is 4.98 Å². The molecule has 0 aliphatic rings. The second-order valence-electron chi connectivity index (χ2n) is 2.47. The van der Waals surface area contributed by atoms with E-state index in [9.17, 15) is 13.2 Å².